The number of hydrogen-bond acceptors (Lipinski definition) is 10. The van der Waals surface area contributed by atoms with Gasteiger partial charge in [-0.25, -0.2) is 19.9 Å². The fourth-order valence-electron chi connectivity index (χ4n) is 18.7. The van der Waals surface area contributed by atoms with Crippen LogP contribution < -0.4 is 0 Å². The van der Waals surface area contributed by atoms with Crippen molar-refractivity contribution in [3.8, 4) is 135 Å². The van der Waals surface area contributed by atoms with Gasteiger partial charge in [-0.1, -0.05) is 303 Å². The molecule has 0 spiro atoms. The molecule has 0 saturated heterocycles. The summed E-state index contributed by atoms with van der Waals surface area (Å²) in [4.78, 5) is 21.4. The number of fused-ring (bicyclic) bond motifs is 18. The van der Waals surface area contributed by atoms with Crippen molar-refractivity contribution in [2.45, 2.75) is 0 Å². The van der Waals surface area contributed by atoms with Gasteiger partial charge in [0.05, 0.1) is 22.8 Å². The van der Waals surface area contributed by atoms with E-state index in [2.05, 4.69) is 279 Å². The van der Waals surface area contributed by atoms with Crippen LogP contribution in [-0.2, 0) is 0 Å². The summed E-state index contributed by atoms with van der Waals surface area (Å²) in [5, 5.41) is 12.7. The number of aromatic nitrogens is 4. The van der Waals surface area contributed by atoms with Gasteiger partial charge in [0.2, 0.25) is 0 Å². The smallest absolute Gasteiger partial charge is 0.160 e. The number of furan rings is 6. The molecule has 0 aliphatic rings. The number of para-hydroxylation sites is 9. The maximum absolute atomic E-state index is 6.86. The van der Waals surface area contributed by atoms with Crippen LogP contribution in [-0.4, -0.2) is 19.9 Å². The van der Waals surface area contributed by atoms with Gasteiger partial charge >= 0.3 is 0 Å². The highest BCUT2D eigenvalue weighted by molar-refractivity contribution is 6.18. The first-order chi connectivity index (χ1) is 62.4. The Kier molecular flexibility index (Phi) is 16.7. The standard InChI is InChI=1S/2C58H34N2O3/c1-3-16-35(17-4-1)49-34-50(60-58(59-49)36-18-5-2-6-19-36)54-47(45-27-14-25-43-40-21-8-11-30-52(40)62-56(43)45)32-37(38-23-13-24-42-39-20-7-10-29-51(39)61-55(38)42)33-48(54)46-28-15-26-44-41-22-9-12-31-53(41)63-57(44)46;1-3-13-35(14-4-1)49-34-50(60-58(59-49)36-15-5-2-6-16-36)57-44(38-24-27-55-47(30-38)42-18-8-11-21-52(42)62-55)32-40(37-23-26-54-46(29-37)41-17-7-10-20-51(41)61-54)33-45(57)39-25-28-56-48(31-39)43-19-9-12-22-53(43)63-56/h2*1-34H. The molecule has 0 N–H and O–H groups in total. The zero-order valence-corrected chi connectivity index (χ0v) is 67.5. The summed E-state index contributed by atoms with van der Waals surface area (Å²) in [7, 11) is 0. The first-order valence-corrected chi connectivity index (χ1v) is 42.3. The normalized spacial score (nSPS) is 11.8. The minimum absolute atomic E-state index is 0.629. The maximum Gasteiger partial charge on any atom is 0.160 e. The molecule has 0 unspecified atom stereocenters. The Hall–Kier alpha value is -17.1. The highest BCUT2D eigenvalue weighted by atomic mass is 16.3. The molecule has 10 nitrogen and oxygen atoms in total. The molecule has 588 valence electrons. The van der Waals surface area contributed by atoms with E-state index in [0.29, 0.717) is 11.6 Å². The third kappa shape index (κ3) is 12.2. The van der Waals surface area contributed by atoms with Crippen LogP contribution >= 0.6 is 0 Å². The van der Waals surface area contributed by atoms with Gasteiger partial charge in [0.15, 0.2) is 11.6 Å². The Labute approximate surface area is 720 Å². The Bertz CT molecular complexity index is 8470. The number of benzene rings is 18. The second-order valence-corrected chi connectivity index (χ2v) is 32.0. The predicted octanol–water partition coefficient (Wildman–Crippen LogP) is 32.4. The van der Waals surface area contributed by atoms with E-state index in [1.807, 2.05) is 133 Å². The molecule has 0 bridgehead atoms. The second kappa shape index (κ2) is 29.4. The summed E-state index contributed by atoms with van der Waals surface area (Å²) in [6.07, 6.45) is 0. The van der Waals surface area contributed by atoms with Crippen LogP contribution in [0.15, 0.2) is 439 Å². The topological polar surface area (TPSA) is 130 Å². The van der Waals surface area contributed by atoms with Crippen LogP contribution in [0.2, 0.25) is 0 Å². The second-order valence-electron chi connectivity index (χ2n) is 32.0. The maximum atomic E-state index is 6.86. The molecule has 8 aromatic heterocycles. The quantitative estimate of drug-likeness (QED) is 0.117. The third-order valence-corrected chi connectivity index (χ3v) is 24.6. The first kappa shape index (κ1) is 71.8. The van der Waals surface area contributed by atoms with Gasteiger partial charge < -0.3 is 26.5 Å². The summed E-state index contributed by atoms with van der Waals surface area (Å²) in [5.41, 5.74) is 31.1. The van der Waals surface area contributed by atoms with E-state index >= 15 is 0 Å². The molecule has 0 saturated carbocycles. The van der Waals surface area contributed by atoms with Crippen molar-refractivity contribution in [1.82, 2.24) is 19.9 Å². The van der Waals surface area contributed by atoms with Crippen molar-refractivity contribution in [3.05, 3.63) is 413 Å². The molecule has 0 aliphatic heterocycles. The monoisotopic (exact) mass is 1610 g/mol. The molecule has 0 aliphatic carbocycles. The van der Waals surface area contributed by atoms with E-state index in [1.54, 1.807) is 0 Å². The van der Waals surface area contributed by atoms with Crippen molar-refractivity contribution in [2.75, 3.05) is 0 Å². The van der Waals surface area contributed by atoms with E-state index in [4.69, 9.17) is 46.4 Å². The molecule has 126 heavy (non-hydrogen) atoms. The average Bonchev–Trinajstić information content (AvgIpc) is 1.38. The van der Waals surface area contributed by atoms with Gasteiger partial charge in [-0.2, -0.15) is 0 Å². The van der Waals surface area contributed by atoms with E-state index in [1.165, 1.54) is 0 Å². The molecule has 8 heterocycles. The zero-order chi connectivity index (χ0) is 82.9. The van der Waals surface area contributed by atoms with Crippen LogP contribution in [0.5, 0.6) is 0 Å². The molecule has 0 atom stereocenters. The summed E-state index contributed by atoms with van der Waals surface area (Å²) in [5.74, 6) is 1.28. The van der Waals surface area contributed by atoms with Crippen molar-refractivity contribution in [1.29, 1.82) is 0 Å². The van der Waals surface area contributed by atoms with Crippen LogP contribution in [0, 0.1) is 0 Å². The number of rotatable bonds is 12. The van der Waals surface area contributed by atoms with Crippen molar-refractivity contribution >= 4 is 132 Å². The molecular formula is C116H68N4O6. The van der Waals surface area contributed by atoms with E-state index in [9.17, 15) is 0 Å². The molecular weight excluding hydrogens is 1550 g/mol. The average molecular weight is 1610 g/mol. The number of nitrogens with zero attached hydrogens (tertiary/aromatic N) is 4. The summed E-state index contributed by atoms with van der Waals surface area (Å²) in [6.45, 7) is 0. The van der Waals surface area contributed by atoms with Crippen LogP contribution in [0.4, 0.5) is 0 Å². The van der Waals surface area contributed by atoms with Gasteiger partial charge in [0, 0.05) is 115 Å². The van der Waals surface area contributed by atoms with Gasteiger partial charge in [-0.15, -0.1) is 0 Å². The SMILES string of the molecule is c1ccc(-c2cc(-c3c(-c4ccc5oc6ccccc6c5c4)cc(-c4ccc5oc6ccccc6c5c4)cc3-c3ccc4oc5ccccc5c4c3)nc(-c3ccccc3)n2)cc1.c1ccc(-c2cc(-c3c(-c4cccc5c4oc4ccccc45)cc(-c4cccc5c4oc4ccccc45)cc3-c3cccc4c3oc3ccccc34)nc(-c3ccccc3)n2)cc1. The van der Waals surface area contributed by atoms with Crippen molar-refractivity contribution in [2.24, 2.45) is 0 Å². The summed E-state index contributed by atoms with van der Waals surface area (Å²) < 4.78 is 39.5. The molecule has 26 aromatic rings. The summed E-state index contributed by atoms with van der Waals surface area (Å²) in [6, 6.07) is 143. The Balaban J connectivity index is 0.000000137. The lowest BCUT2D eigenvalue weighted by molar-refractivity contribution is 0.668. The molecule has 10 heteroatoms. The van der Waals surface area contributed by atoms with Crippen molar-refractivity contribution < 1.29 is 26.5 Å². The first-order valence-electron chi connectivity index (χ1n) is 42.3. The molecule has 0 fully saturated rings. The highest BCUT2D eigenvalue weighted by Crippen LogP contribution is 2.52. The van der Waals surface area contributed by atoms with E-state index in [0.717, 1.165) is 255 Å². The molecule has 26 rings (SSSR count). The van der Waals surface area contributed by atoms with Gasteiger partial charge in [-0.3, -0.25) is 0 Å². The van der Waals surface area contributed by atoms with E-state index in [-0.39, 0.29) is 0 Å². The molecule has 0 amide bonds. The van der Waals surface area contributed by atoms with Gasteiger partial charge in [0.25, 0.3) is 0 Å². The Morgan fingerprint density at radius 3 is 0.786 bits per heavy atom. The van der Waals surface area contributed by atoms with Gasteiger partial charge in [0.1, 0.15) is 67.0 Å². The fourth-order valence-corrected chi connectivity index (χ4v) is 18.7. The van der Waals surface area contributed by atoms with E-state index < -0.39 is 0 Å². The van der Waals surface area contributed by atoms with Crippen LogP contribution in [0.25, 0.3) is 266 Å². The Morgan fingerprint density at radius 2 is 0.405 bits per heavy atom. The number of hydrogen-bond donors (Lipinski definition) is 0. The highest BCUT2D eigenvalue weighted by Gasteiger charge is 2.29. The van der Waals surface area contributed by atoms with Gasteiger partial charge in [-0.05, 0) is 159 Å². The lowest BCUT2D eigenvalue weighted by Crippen LogP contribution is -2.00. The van der Waals surface area contributed by atoms with Crippen LogP contribution in [0.1, 0.15) is 0 Å². The molecule has 18 aromatic carbocycles. The predicted molar refractivity (Wildman–Crippen MR) is 513 cm³/mol. The summed E-state index contributed by atoms with van der Waals surface area (Å²) >= 11 is 0. The van der Waals surface area contributed by atoms with Crippen molar-refractivity contribution in [3.63, 3.8) is 0 Å². The zero-order valence-electron chi connectivity index (χ0n) is 67.5. The third-order valence-electron chi connectivity index (χ3n) is 24.6. The Morgan fingerprint density at radius 1 is 0.135 bits per heavy atom. The minimum Gasteiger partial charge on any atom is -0.456 e. The minimum atomic E-state index is 0.629. The molecule has 0 radical (unpaired) electrons. The lowest BCUT2D eigenvalue weighted by Gasteiger charge is -2.20. The fraction of sp³-hybridized carbons (Fsp3) is 0. The van der Waals surface area contributed by atoms with Crippen LogP contribution in [0.3, 0.4) is 0 Å². The lowest BCUT2D eigenvalue weighted by atomic mass is 9.85. The largest absolute Gasteiger partial charge is 0.456 e.